The minimum atomic E-state index is -0.437. The van der Waals surface area contributed by atoms with E-state index in [-0.39, 0.29) is 11.6 Å². The summed E-state index contributed by atoms with van der Waals surface area (Å²) in [6.45, 7) is 12.9. The second-order valence-electron chi connectivity index (χ2n) is 8.32. The molecular weight excluding hydrogens is 390 g/mol. The molecule has 1 aromatic carbocycles. The van der Waals surface area contributed by atoms with Gasteiger partial charge in [-0.1, -0.05) is 17.3 Å². The number of fused-ring (bicyclic) bond motifs is 1. The molecule has 1 aromatic heterocycles. The van der Waals surface area contributed by atoms with Crippen LogP contribution in [0.15, 0.2) is 18.2 Å². The van der Waals surface area contributed by atoms with Gasteiger partial charge in [0, 0.05) is 14.4 Å². The zero-order valence-electron chi connectivity index (χ0n) is 17.6. The minimum absolute atomic E-state index is 0.200. The molecule has 29 heavy (non-hydrogen) atoms. The maximum atomic E-state index is 13.1. The highest BCUT2D eigenvalue weighted by Gasteiger charge is 2.51. The van der Waals surface area contributed by atoms with Gasteiger partial charge in [-0.2, -0.15) is 4.45 Å². The SMILES string of the molecule is CPn1nnc2c1OCCN(c1ccc(B3OC(C)(C)C(C)(C)O3)cc1C)C2=O. The van der Waals surface area contributed by atoms with Gasteiger partial charge in [0.15, 0.2) is 0 Å². The summed E-state index contributed by atoms with van der Waals surface area (Å²) in [6, 6.07) is 5.90. The van der Waals surface area contributed by atoms with Crippen LogP contribution in [0.1, 0.15) is 43.7 Å². The lowest BCUT2D eigenvalue weighted by Gasteiger charge is -2.32. The fraction of sp³-hybridized carbons (Fsp3) is 0.526. The van der Waals surface area contributed by atoms with Gasteiger partial charge in [-0.05, 0) is 58.4 Å². The van der Waals surface area contributed by atoms with Gasteiger partial charge in [0.05, 0.1) is 17.7 Å². The van der Waals surface area contributed by atoms with Crippen LogP contribution in [0.25, 0.3) is 0 Å². The van der Waals surface area contributed by atoms with E-state index in [0.717, 1.165) is 16.7 Å². The van der Waals surface area contributed by atoms with E-state index < -0.39 is 18.3 Å². The third-order valence-electron chi connectivity index (χ3n) is 5.88. The summed E-state index contributed by atoms with van der Waals surface area (Å²) in [6.07, 6.45) is 0. The Bertz CT molecular complexity index is 946. The lowest BCUT2D eigenvalue weighted by atomic mass is 9.78. The number of hydrogen-bond acceptors (Lipinski definition) is 6. The summed E-state index contributed by atoms with van der Waals surface area (Å²) < 4.78 is 19.7. The highest BCUT2D eigenvalue weighted by atomic mass is 31.1. The zero-order valence-corrected chi connectivity index (χ0v) is 18.6. The molecule has 1 saturated heterocycles. The first-order chi connectivity index (χ1) is 13.6. The van der Waals surface area contributed by atoms with Gasteiger partial charge >= 0.3 is 7.12 Å². The van der Waals surface area contributed by atoms with E-state index in [0.29, 0.717) is 27.8 Å². The number of carbonyl (C=O) groups excluding carboxylic acids is 1. The normalized spacial score (nSPS) is 20.8. The molecule has 0 bridgehead atoms. The molecule has 0 spiro atoms. The second-order valence-corrected chi connectivity index (χ2v) is 9.19. The average molecular weight is 416 g/mol. The molecule has 0 radical (unpaired) electrons. The third-order valence-corrected chi connectivity index (χ3v) is 6.60. The maximum Gasteiger partial charge on any atom is 0.494 e. The maximum absolute atomic E-state index is 13.1. The molecule has 1 unspecified atom stereocenters. The second kappa shape index (κ2) is 7.08. The molecule has 0 aliphatic carbocycles. The van der Waals surface area contributed by atoms with Crippen LogP contribution in [0, 0.1) is 6.92 Å². The molecule has 8 nitrogen and oxygen atoms in total. The van der Waals surface area contributed by atoms with Crippen LogP contribution in [0.4, 0.5) is 5.69 Å². The molecule has 1 amide bonds. The summed E-state index contributed by atoms with van der Waals surface area (Å²) in [5.41, 5.74) is 2.17. The van der Waals surface area contributed by atoms with E-state index in [9.17, 15) is 4.79 Å². The molecule has 2 aliphatic rings. The van der Waals surface area contributed by atoms with Gasteiger partial charge in [-0.3, -0.25) is 4.79 Å². The van der Waals surface area contributed by atoms with Gasteiger partial charge in [0.1, 0.15) is 6.61 Å². The van der Waals surface area contributed by atoms with Crippen LogP contribution in [0.5, 0.6) is 5.88 Å². The number of hydrogen-bond donors (Lipinski definition) is 0. The Morgan fingerprint density at radius 2 is 1.86 bits per heavy atom. The first-order valence-electron chi connectivity index (χ1n) is 9.69. The Kier molecular flexibility index (Phi) is 4.96. The highest BCUT2D eigenvalue weighted by molar-refractivity contribution is 7.35. The molecule has 0 N–H and O–H groups in total. The van der Waals surface area contributed by atoms with Crippen molar-refractivity contribution in [3.63, 3.8) is 0 Å². The lowest BCUT2D eigenvalue weighted by molar-refractivity contribution is 0.00578. The van der Waals surface area contributed by atoms with E-state index in [1.807, 2.05) is 59.5 Å². The fourth-order valence-electron chi connectivity index (χ4n) is 3.48. The van der Waals surface area contributed by atoms with E-state index in [4.69, 9.17) is 14.0 Å². The standard InChI is InChI=1S/C19H26BN4O4P/c1-12-11-13(20-27-18(2,3)19(4,5)28-20)7-8-14(12)23-9-10-26-17-15(16(23)25)21-22-24(17)29-6/h7-8,11,29H,9-10H2,1-6H3. The van der Waals surface area contributed by atoms with E-state index in [1.165, 1.54) is 0 Å². The summed E-state index contributed by atoms with van der Waals surface area (Å²) in [4.78, 5) is 14.8. The molecule has 4 rings (SSSR count). The van der Waals surface area contributed by atoms with Gasteiger partial charge in [0.2, 0.25) is 11.6 Å². The Balaban J connectivity index is 1.62. The van der Waals surface area contributed by atoms with E-state index in [1.54, 1.807) is 9.35 Å². The van der Waals surface area contributed by atoms with Crippen LogP contribution in [-0.2, 0) is 9.31 Å². The van der Waals surface area contributed by atoms with Gasteiger partial charge in [-0.15, -0.1) is 5.10 Å². The van der Waals surface area contributed by atoms with Crippen molar-refractivity contribution in [2.24, 2.45) is 0 Å². The molecule has 2 aromatic rings. The number of carbonyl (C=O) groups is 1. The van der Waals surface area contributed by atoms with Crippen molar-refractivity contribution >= 4 is 32.9 Å². The molecular formula is C19H26BN4O4P. The van der Waals surface area contributed by atoms with Crippen LogP contribution in [0.3, 0.4) is 0 Å². The largest absolute Gasteiger partial charge is 0.494 e. The topological polar surface area (TPSA) is 78.7 Å². The molecule has 3 heterocycles. The Hall–Kier alpha value is -1.96. The Morgan fingerprint density at radius 3 is 2.48 bits per heavy atom. The van der Waals surface area contributed by atoms with Gasteiger partial charge < -0.3 is 18.9 Å². The number of ether oxygens (including phenoxy) is 1. The third kappa shape index (κ3) is 3.35. The summed E-state index contributed by atoms with van der Waals surface area (Å²) in [7, 11) is -0.0898. The summed E-state index contributed by atoms with van der Waals surface area (Å²) >= 11 is 0. The van der Waals surface area contributed by atoms with Crippen LogP contribution >= 0.6 is 8.73 Å². The smallest absolute Gasteiger partial charge is 0.474 e. The zero-order chi connectivity index (χ0) is 21.0. The van der Waals surface area contributed by atoms with Crippen LogP contribution in [0.2, 0.25) is 0 Å². The van der Waals surface area contributed by atoms with E-state index >= 15 is 0 Å². The first-order valence-corrected chi connectivity index (χ1v) is 11.1. The van der Waals surface area contributed by atoms with Crippen molar-refractivity contribution in [2.75, 3.05) is 24.7 Å². The number of anilines is 1. The predicted octanol–water partition coefficient (Wildman–Crippen LogP) is 2.00. The number of benzene rings is 1. The highest BCUT2D eigenvalue weighted by Crippen LogP contribution is 2.37. The Labute approximate surface area is 172 Å². The quantitative estimate of drug-likeness (QED) is 0.563. The summed E-state index contributed by atoms with van der Waals surface area (Å²) in [5.74, 6) is 0.248. The lowest BCUT2D eigenvalue weighted by Crippen LogP contribution is -2.41. The fourth-order valence-corrected chi connectivity index (χ4v) is 3.99. The number of aromatic nitrogens is 3. The number of amides is 1. The monoisotopic (exact) mass is 416 g/mol. The van der Waals surface area contributed by atoms with Crippen molar-refractivity contribution in [2.45, 2.75) is 45.8 Å². The van der Waals surface area contributed by atoms with Crippen molar-refractivity contribution in [1.29, 1.82) is 0 Å². The van der Waals surface area contributed by atoms with Gasteiger partial charge in [0.25, 0.3) is 5.91 Å². The summed E-state index contributed by atoms with van der Waals surface area (Å²) in [5, 5.41) is 8.08. The molecule has 1 fully saturated rings. The molecule has 1 atom stereocenters. The van der Waals surface area contributed by atoms with Crippen molar-refractivity contribution in [3.8, 4) is 5.88 Å². The van der Waals surface area contributed by atoms with Crippen molar-refractivity contribution < 1.29 is 18.8 Å². The average Bonchev–Trinajstić information content (AvgIpc) is 3.10. The number of rotatable bonds is 3. The minimum Gasteiger partial charge on any atom is -0.474 e. The van der Waals surface area contributed by atoms with Gasteiger partial charge in [-0.25, -0.2) is 0 Å². The van der Waals surface area contributed by atoms with E-state index in [2.05, 4.69) is 10.3 Å². The van der Waals surface area contributed by atoms with Crippen molar-refractivity contribution in [3.05, 3.63) is 29.5 Å². The Morgan fingerprint density at radius 1 is 1.17 bits per heavy atom. The first kappa shape index (κ1) is 20.3. The van der Waals surface area contributed by atoms with Crippen LogP contribution < -0.4 is 15.1 Å². The molecule has 0 saturated carbocycles. The number of aryl methyl sites for hydroxylation is 1. The molecule has 2 aliphatic heterocycles. The van der Waals surface area contributed by atoms with Crippen LogP contribution in [-0.4, -0.2) is 58.8 Å². The molecule has 10 heteroatoms. The molecule has 154 valence electrons. The predicted molar refractivity (Wildman–Crippen MR) is 114 cm³/mol. The number of nitrogens with zero attached hydrogens (tertiary/aromatic N) is 4. The van der Waals surface area contributed by atoms with Crippen molar-refractivity contribution in [1.82, 2.24) is 14.8 Å².